The van der Waals surface area contributed by atoms with Crippen LogP contribution in [0, 0.1) is 5.92 Å². The van der Waals surface area contributed by atoms with E-state index >= 15 is 0 Å². The first-order chi connectivity index (χ1) is 18.1. The van der Waals surface area contributed by atoms with Gasteiger partial charge in [0.05, 0.1) is 0 Å². The van der Waals surface area contributed by atoms with E-state index in [1.54, 1.807) is 0 Å². The zero-order chi connectivity index (χ0) is 27.3. The summed E-state index contributed by atoms with van der Waals surface area (Å²) < 4.78 is 0. The van der Waals surface area contributed by atoms with Crippen molar-refractivity contribution in [2.24, 2.45) is 5.92 Å². The summed E-state index contributed by atoms with van der Waals surface area (Å²) in [4.78, 5) is 0. The van der Waals surface area contributed by atoms with Gasteiger partial charge in [0, 0.05) is 0 Å². The SMILES string of the molecule is CCCCCCCCCCCCCCCCC(CCCCCC)C(P)(CCCCCC)CCCCCC.Cl. The fourth-order valence-electron chi connectivity index (χ4n) is 6.42. The van der Waals surface area contributed by atoms with Gasteiger partial charge in [-0.1, -0.05) is 195 Å². The molecule has 0 aromatic rings. The average Bonchev–Trinajstić information content (AvgIpc) is 2.90. The first-order valence-corrected chi connectivity index (χ1v) is 18.5. The van der Waals surface area contributed by atoms with Crippen LogP contribution in [0.1, 0.15) is 220 Å². The molecule has 0 fully saturated rings. The minimum absolute atomic E-state index is 0. The van der Waals surface area contributed by atoms with E-state index in [9.17, 15) is 0 Å². The van der Waals surface area contributed by atoms with E-state index in [0.29, 0.717) is 5.16 Å². The highest BCUT2D eigenvalue weighted by atomic mass is 35.5. The lowest BCUT2D eigenvalue weighted by molar-refractivity contribution is 0.270. The number of hydrogen-bond acceptors (Lipinski definition) is 0. The van der Waals surface area contributed by atoms with E-state index in [0.717, 1.165) is 5.92 Å². The Labute approximate surface area is 252 Å². The van der Waals surface area contributed by atoms with E-state index in [-0.39, 0.29) is 12.4 Å². The van der Waals surface area contributed by atoms with E-state index in [1.807, 2.05) is 0 Å². The van der Waals surface area contributed by atoms with Crippen molar-refractivity contribution in [2.75, 3.05) is 0 Å². The van der Waals surface area contributed by atoms with Crippen LogP contribution in [0.15, 0.2) is 0 Å². The van der Waals surface area contributed by atoms with Crippen molar-refractivity contribution in [1.29, 1.82) is 0 Å². The molecule has 2 atom stereocenters. The molecular weight excluding hydrogens is 499 g/mol. The molecule has 38 heavy (non-hydrogen) atoms. The van der Waals surface area contributed by atoms with Crippen molar-refractivity contribution in [3.05, 3.63) is 0 Å². The molecule has 0 radical (unpaired) electrons. The number of rotatable bonds is 31. The Hall–Kier alpha value is 0.720. The molecule has 0 aromatic heterocycles. The molecule has 0 bridgehead atoms. The fraction of sp³-hybridized carbons (Fsp3) is 1.00. The van der Waals surface area contributed by atoms with Crippen LogP contribution in [-0.4, -0.2) is 5.16 Å². The molecule has 2 unspecified atom stereocenters. The quantitative estimate of drug-likeness (QED) is 0.0570. The molecule has 0 amide bonds. The van der Waals surface area contributed by atoms with Gasteiger partial charge in [-0.2, -0.15) is 0 Å². The van der Waals surface area contributed by atoms with Gasteiger partial charge in [0.2, 0.25) is 0 Å². The normalized spacial score (nSPS) is 12.6. The topological polar surface area (TPSA) is 0 Å². The van der Waals surface area contributed by atoms with Crippen LogP contribution in [-0.2, 0) is 0 Å². The molecule has 0 aliphatic rings. The van der Waals surface area contributed by atoms with Crippen molar-refractivity contribution < 1.29 is 0 Å². The van der Waals surface area contributed by atoms with Crippen LogP contribution in [0.2, 0.25) is 0 Å². The lowest BCUT2D eigenvalue weighted by Crippen LogP contribution is -2.32. The lowest BCUT2D eigenvalue weighted by atomic mass is 9.77. The molecule has 2 heteroatoms. The average molecular weight is 575 g/mol. The number of hydrogen-bond donors (Lipinski definition) is 0. The second-order valence-corrected chi connectivity index (χ2v) is 13.9. The van der Waals surface area contributed by atoms with Gasteiger partial charge in [0.15, 0.2) is 0 Å². The lowest BCUT2D eigenvalue weighted by Gasteiger charge is -2.39. The fourth-order valence-corrected chi connectivity index (χ4v) is 7.16. The molecule has 0 nitrogen and oxygen atoms in total. The predicted molar refractivity (Wildman–Crippen MR) is 184 cm³/mol. The standard InChI is InChI=1S/C36H75P.ClH/c1-5-9-13-17-18-19-20-21-22-23-24-25-26-28-32-35(31-27-14-10-6-2)36(37,33-29-15-11-7-3)34-30-16-12-8-4;/h35H,5-34,37H2,1-4H3;1H. The van der Waals surface area contributed by atoms with Crippen LogP contribution >= 0.6 is 21.6 Å². The molecule has 0 aliphatic heterocycles. The largest absolute Gasteiger partial charge is 0.147 e. The maximum absolute atomic E-state index is 3.50. The van der Waals surface area contributed by atoms with Crippen LogP contribution in [0.4, 0.5) is 0 Å². The summed E-state index contributed by atoms with van der Waals surface area (Å²) in [5.41, 5.74) is 0. The Balaban J connectivity index is 0. The highest BCUT2D eigenvalue weighted by molar-refractivity contribution is 7.19. The van der Waals surface area contributed by atoms with Gasteiger partial charge in [0.1, 0.15) is 0 Å². The third kappa shape index (κ3) is 25.7. The van der Waals surface area contributed by atoms with E-state index in [2.05, 4.69) is 36.9 Å². The van der Waals surface area contributed by atoms with Gasteiger partial charge in [-0.25, -0.2) is 0 Å². The van der Waals surface area contributed by atoms with E-state index in [1.165, 1.54) is 193 Å². The van der Waals surface area contributed by atoms with Crippen molar-refractivity contribution in [2.45, 2.75) is 225 Å². The molecule has 0 aliphatic carbocycles. The Morgan fingerprint density at radius 1 is 0.368 bits per heavy atom. The summed E-state index contributed by atoms with van der Waals surface area (Å²) in [6, 6.07) is 0. The highest BCUT2D eigenvalue weighted by Crippen LogP contribution is 2.44. The summed E-state index contributed by atoms with van der Waals surface area (Å²) in [6.07, 6.45) is 43.6. The monoisotopic (exact) mass is 575 g/mol. The highest BCUT2D eigenvalue weighted by Gasteiger charge is 2.32. The second kappa shape index (κ2) is 32.2. The smallest absolute Gasteiger partial charge is 0.0122 e. The summed E-state index contributed by atoms with van der Waals surface area (Å²) in [5.74, 6) is 0.940. The second-order valence-electron chi connectivity index (χ2n) is 12.8. The Morgan fingerprint density at radius 3 is 0.921 bits per heavy atom. The molecule has 0 heterocycles. The Kier molecular flexibility index (Phi) is 34.7. The Morgan fingerprint density at radius 2 is 0.605 bits per heavy atom. The van der Waals surface area contributed by atoms with Gasteiger partial charge in [0.25, 0.3) is 0 Å². The van der Waals surface area contributed by atoms with Crippen LogP contribution in [0.5, 0.6) is 0 Å². The van der Waals surface area contributed by atoms with Crippen molar-refractivity contribution in [3.8, 4) is 0 Å². The van der Waals surface area contributed by atoms with Gasteiger partial charge >= 0.3 is 0 Å². The summed E-state index contributed by atoms with van der Waals surface area (Å²) in [6.45, 7) is 9.37. The first kappa shape index (κ1) is 40.9. The molecule has 0 spiro atoms. The summed E-state index contributed by atoms with van der Waals surface area (Å²) in [7, 11) is 3.50. The predicted octanol–water partition coefficient (Wildman–Crippen LogP) is 14.4. The number of halogens is 1. The summed E-state index contributed by atoms with van der Waals surface area (Å²) >= 11 is 0. The minimum atomic E-state index is 0. The zero-order valence-electron chi connectivity index (χ0n) is 27.3. The Bertz CT molecular complexity index is 412. The molecule has 0 saturated heterocycles. The third-order valence-corrected chi connectivity index (χ3v) is 10.2. The molecule has 0 N–H and O–H groups in total. The van der Waals surface area contributed by atoms with E-state index < -0.39 is 0 Å². The van der Waals surface area contributed by atoms with Crippen molar-refractivity contribution in [3.63, 3.8) is 0 Å². The molecule has 232 valence electrons. The molecular formula is C36H76ClP. The third-order valence-electron chi connectivity index (χ3n) is 9.12. The van der Waals surface area contributed by atoms with E-state index in [4.69, 9.17) is 0 Å². The molecule has 0 aromatic carbocycles. The maximum atomic E-state index is 3.50. The van der Waals surface area contributed by atoms with Crippen LogP contribution in [0.3, 0.4) is 0 Å². The van der Waals surface area contributed by atoms with Gasteiger partial charge in [-0.3, -0.25) is 0 Å². The minimum Gasteiger partial charge on any atom is -0.147 e. The number of unbranched alkanes of at least 4 members (excludes halogenated alkanes) is 22. The van der Waals surface area contributed by atoms with Crippen LogP contribution < -0.4 is 0 Å². The van der Waals surface area contributed by atoms with Crippen molar-refractivity contribution in [1.82, 2.24) is 0 Å². The first-order valence-electron chi connectivity index (χ1n) is 17.9. The summed E-state index contributed by atoms with van der Waals surface area (Å²) in [5, 5.41) is 0.518. The van der Waals surface area contributed by atoms with Gasteiger partial charge in [-0.05, 0) is 36.8 Å². The zero-order valence-corrected chi connectivity index (χ0v) is 29.2. The maximum Gasteiger partial charge on any atom is -0.0122 e. The van der Waals surface area contributed by atoms with Crippen LogP contribution in [0.25, 0.3) is 0 Å². The van der Waals surface area contributed by atoms with Gasteiger partial charge < -0.3 is 0 Å². The van der Waals surface area contributed by atoms with Gasteiger partial charge in [-0.15, -0.1) is 21.6 Å². The molecule has 0 saturated carbocycles. The van der Waals surface area contributed by atoms with Crippen molar-refractivity contribution >= 4 is 21.6 Å². The molecule has 0 rings (SSSR count).